The molecule has 32 heavy (non-hydrogen) atoms. The number of aryl methyl sites for hydroxylation is 1. The van der Waals surface area contributed by atoms with E-state index in [0.29, 0.717) is 43.6 Å². The molecule has 1 aliphatic rings. The maximum Gasteiger partial charge on any atom is 0.263 e. The summed E-state index contributed by atoms with van der Waals surface area (Å²) in [6.45, 7) is 10.3. The summed E-state index contributed by atoms with van der Waals surface area (Å²) in [4.78, 5) is 29.1. The predicted octanol–water partition coefficient (Wildman–Crippen LogP) is 4.03. The van der Waals surface area contributed by atoms with Crippen molar-refractivity contribution in [3.8, 4) is 11.5 Å². The standard InChI is InChI=1S/C26H34N2O4/c1-19(2)22-8-12-24(13-9-22)32-21(4)26(30)28-15-5-14-27(16-17-28)25(29)18-31-23-10-6-20(3)7-11-23/h6-13,19,21H,5,14-18H2,1-4H3. The average molecular weight is 439 g/mol. The summed E-state index contributed by atoms with van der Waals surface area (Å²) >= 11 is 0. The SMILES string of the molecule is Cc1ccc(OCC(=O)N2CCCN(C(=O)C(C)Oc3ccc(C(C)C)cc3)CC2)cc1. The summed E-state index contributed by atoms with van der Waals surface area (Å²) in [5.41, 5.74) is 2.38. The third kappa shape index (κ3) is 6.49. The van der Waals surface area contributed by atoms with Crippen molar-refractivity contribution in [3.05, 3.63) is 59.7 Å². The Hall–Kier alpha value is -3.02. The molecular formula is C26H34N2O4. The fourth-order valence-electron chi connectivity index (χ4n) is 3.70. The van der Waals surface area contributed by atoms with E-state index in [4.69, 9.17) is 9.47 Å². The molecule has 2 aromatic carbocycles. The van der Waals surface area contributed by atoms with E-state index in [9.17, 15) is 9.59 Å². The fraction of sp³-hybridized carbons (Fsp3) is 0.462. The highest BCUT2D eigenvalue weighted by Gasteiger charge is 2.26. The van der Waals surface area contributed by atoms with Crippen LogP contribution in [0.4, 0.5) is 0 Å². The highest BCUT2D eigenvalue weighted by Crippen LogP contribution is 2.20. The fourth-order valence-corrected chi connectivity index (χ4v) is 3.70. The summed E-state index contributed by atoms with van der Waals surface area (Å²) in [5.74, 6) is 1.71. The molecule has 6 heteroatoms. The highest BCUT2D eigenvalue weighted by molar-refractivity contribution is 5.81. The monoisotopic (exact) mass is 438 g/mol. The molecule has 1 fully saturated rings. The molecule has 1 unspecified atom stereocenters. The van der Waals surface area contributed by atoms with Gasteiger partial charge in [0, 0.05) is 26.2 Å². The van der Waals surface area contributed by atoms with E-state index in [2.05, 4.69) is 13.8 Å². The summed E-state index contributed by atoms with van der Waals surface area (Å²) in [6, 6.07) is 15.5. The lowest BCUT2D eigenvalue weighted by Gasteiger charge is -2.25. The third-order valence-corrected chi connectivity index (χ3v) is 5.75. The smallest absolute Gasteiger partial charge is 0.263 e. The number of carbonyl (C=O) groups is 2. The van der Waals surface area contributed by atoms with Crippen molar-refractivity contribution in [2.75, 3.05) is 32.8 Å². The van der Waals surface area contributed by atoms with Crippen LogP contribution in [0.2, 0.25) is 0 Å². The summed E-state index contributed by atoms with van der Waals surface area (Å²) in [6.07, 6.45) is 0.157. The maximum atomic E-state index is 12.9. The zero-order valence-corrected chi connectivity index (χ0v) is 19.5. The van der Waals surface area contributed by atoms with Crippen LogP contribution in [0.1, 0.15) is 44.2 Å². The van der Waals surface area contributed by atoms with Crippen molar-refractivity contribution >= 4 is 11.8 Å². The van der Waals surface area contributed by atoms with Crippen LogP contribution in [0.15, 0.2) is 48.5 Å². The van der Waals surface area contributed by atoms with Crippen LogP contribution in [0.25, 0.3) is 0 Å². The van der Waals surface area contributed by atoms with Gasteiger partial charge in [-0.1, -0.05) is 43.7 Å². The number of nitrogens with zero attached hydrogens (tertiary/aromatic N) is 2. The molecule has 0 saturated carbocycles. The molecule has 1 saturated heterocycles. The van der Waals surface area contributed by atoms with Crippen molar-refractivity contribution in [1.82, 2.24) is 9.80 Å². The first-order chi connectivity index (χ1) is 15.3. The number of benzene rings is 2. The highest BCUT2D eigenvalue weighted by atomic mass is 16.5. The van der Waals surface area contributed by atoms with E-state index in [0.717, 1.165) is 12.0 Å². The van der Waals surface area contributed by atoms with Gasteiger partial charge in [0.2, 0.25) is 0 Å². The molecule has 0 bridgehead atoms. The van der Waals surface area contributed by atoms with Gasteiger partial charge in [-0.05, 0) is 56.0 Å². The van der Waals surface area contributed by atoms with Crippen molar-refractivity contribution in [3.63, 3.8) is 0 Å². The van der Waals surface area contributed by atoms with Gasteiger partial charge in [-0.3, -0.25) is 9.59 Å². The van der Waals surface area contributed by atoms with Crippen molar-refractivity contribution in [2.45, 2.75) is 46.1 Å². The second-order valence-corrected chi connectivity index (χ2v) is 8.65. The summed E-state index contributed by atoms with van der Waals surface area (Å²) < 4.78 is 11.5. The minimum absolute atomic E-state index is 0.00287. The Balaban J connectivity index is 1.48. The topological polar surface area (TPSA) is 59.1 Å². The molecule has 0 spiro atoms. The minimum atomic E-state index is -0.577. The molecule has 0 N–H and O–H groups in total. The Bertz CT molecular complexity index is 893. The van der Waals surface area contributed by atoms with Gasteiger partial charge in [0.25, 0.3) is 11.8 Å². The second-order valence-electron chi connectivity index (χ2n) is 8.65. The number of ether oxygens (including phenoxy) is 2. The van der Waals surface area contributed by atoms with Crippen molar-refractivity contribution in [1.29, 1.82) is 0 Å². The lowest BCUT2D eigenvalue weighted by atomic mass is 10.0. The molecule has 3 rings (SSSR count). The molecule has 0 aliphatic carbocycles. The van der Waals surface area contributed by atoms with E-state index < -0.39 is 6.10 Å². The average Bonchev–Trinajstić information content (AvgIpc) is 3.04. The predicted molar refractivity (Wildman–Crippen MR) is 125 cm³/mol. The van der Waals surface area contributed by atoms with Crippen molar-refractivity contribution < 1.29 is 19.1 Å². The first-order valence-electron chi connectivity index (χ1n) is 11.4. The van der Waals surface area contributed by atoms with E-state index in [1.807, 2.05) is 55.5 Å². The molecule has 1 aliphatic heterocycles. The van der Waals surface area contributed by atoms with Gasteiger partial charge in [-0.2, -0.15) is 0 Å². The van der Waals surface area contributed by atoms with Crippen LogP contribution in [-0.2, 0) is 9.59 Å². The number of hydrogen-bond acceptors (Lipinski definition) is 4. The normalized spacial score (nSPS) is 15.3. The molecule has 1 atom stereocenters. The first-order valence-corrected chi connectivity index (χ1v) is 11.4. The molecule has 172 valence electrons. The quantitative estimate of drug-likeness (QED) is 0.655. The third-order valence-electron chi connectivity index (χ3n) is 5.75. The summed E-state index contributed by atoms with van der Waals surface area (Å²) in [5, 5.41) is 0. The Morgan fingerprint density at radius 2 is 1.44 bits per heavy atom. The van der Waals surface area contributed by atoms with Crippen LogP contribution in [0.3, 0.4) is 0 Å². The van der Waals surface area contributed by atoms with Gasteiger partial charge in [0.1, 0.15) is 11.5 Å². The van der Waals surface area contributed by atoms with Gasteiger partial charge in [-0.25, -0.2) is 0 Å². The van der Waals surface area contributed by atoms with E-state index in [-0.39, 0.29) is 18.4 Å². The molecular weight excluding hydrogens is 404 g/mol. The maximum absolute atomic E-state index is 12.9. The Kier molecular flexibility index (Phi) is 8.14. The Morgan fingerprint density at radius 3 is 2.09 bits per heavy atom. The van der Waals surface area contributed by atoms with Crippen LogP contribution in [0, 0.1) is 6.92 Å². The van der Waals surface area contributed by atoms with Gasteiger partial charge in [0.15, 0.2) is 12.7 Å². The number of amides is 2. The molecule has 6 nitrogen and oxygen atoms in total. The molecule has 0 aromatic heterocycles. The lowest BCUT2D eigenvalue weighted by molar-refractivity contribution is -0.138. The van der Waals surface area contributed by atoms with E-state index >= 15 is 0 Å². The molecule has 2 amide bonds. The Morgan fingerprint density at radius 1 is 0.844 bits per heavy atom. The summed E-state index contributed by atoms with van der Waals surface area (Å²) in [7, 11) is 0. The van der Waals surface area contributed by atoms with Crippen LogP contribution < -0.4 is 9.47 Å². The van der Waals surface area contributed by atoms with Crippen LogP contribution in [0.5, 0.6) is 11.5 Å². The largest absolute Gasteiger partial charge is 0.484 e. The number of hydrogen-bond donors (Lipinski definition) is 0. The Labute approximate surface area is 191 Å². The first kappa shape index (κ1) is 23.6. The second kappa shape index (κ2) is 11.0. The van der Waals surface area contributed by atoms with E-state index in [1.165, 1.54) is 5.56 Å². The van der Waals surface area contributed by atoms with Gasteiger partial charge in [-0.15, -0.1) is 0 Å². The van der Waals surface area contributed by atoms with Crippen LogP contribution in [-0.4, -0.2) is 60.5 Å². The molecule has 2 aromatic rings. The minimum Gasteiger partial charge on any atom is -0.484 e. The van der Waals surface area contributed by atoms with Crippen molar-refractivity contribution in [2.24, 2.45) is 0 Å². The zero-order valence-electron chi connectivity index (χ0n) is 19.5. The van der Waals surface area contributed by atoms with Gasteiger partial charge < -0.3 is 19.3 Å². The van der Waals surface area contributed by atoms with Crippen LogP contribution >= 0.6 is 0 Å². The molecule has 0 radical (unpaired) electrons. The number of carbonyl (C=O) groups excluding carboxylic acids is 2. The molecule has 1 heterocycles. The lowest BCUT2D eigenvalue weighted by Crippen LogP contribution is -2.43. The van der Waals surface area contributed by atoms with Gasteiger partial charge >= 0.3 is 0 Å². The van der Waals surface area contributed by atoms with E-state index in [1.54, 1.807) is 16.7 Å². The van der Waals surface area contributed by atoms with Gasteiger partial charge in [0.05, 0.1) is 0 Å². The number of rotatable bonds is 7. The zero-order chi connectivity index (χ0) is 23.1.